The zero-order valence-corrected chi connectivity index (χ0v) is 7.45. The maximum Gasteiger partial charge on any atom is 0.116 e. The molecule has 1 aliphatic rings. The van der Waals surface area contributed by atoms with E-state index in [-0.39, 0.29) is 5.75 Å². The molecule has 0 saturated heterocycles. The minimum atomic E-state index is 0.282. The number of aromatic hydroxyl groups is 1. The predicted molar refractivity (Wildman–Crippen MR) is 50.0 cm³/mol. The van der Waals surface area contributed by atoms with Crippen LogP contribution in [0.2, 0.25) is 0 Å². The van der Waals surface area contributed by atoms with Gasteiger partial charge in [0, 0.05) is 5.56 Å². The summed E-state index contributed by atoms with van der Waals surface area (Å²) in [6.45, 7) is 0. The topological polar surface area (TPSA) is 41.8 Å². The van der Waals surface area contributed by atoms with Gasteiger partial charge in [0.2, 0.25) is 0 Å². The summed E-state index contributed by atoms with van der Waals surface area (Å²) in [7, 11) is 1.54. The summed E-state index contributed by atoms with van der Waals surface area (Å²) >= 11 is 0. The van der Waals surface area contributed by atoms with Crippen LogP contribution in [-0.2, 0) is 11.3 Å². The molecule has 0 aromatic heterocycles. The Balaban J connectivity index is 2.46. The van der Waals surface area contributed by atoms with Crippen LogP contribution in [0.25, 0.3) is 0 Å². The second-order valence-electron chi connectivity index (χ2n) is 3.06. The fraction of sp³-hybridized carbons (Fsp3) is 0.300. The van der Waals surface area contributed by atoms with Gasteiger partial charge in [0.15, 0.2) is 0 Å². The largest absolute Gasteiger partial charge is 0.508 e. The van der Waals surface area contributed by atoms with Gasteiger partial charge in [-0.1, -0.05) is 11.2 Å². The van der Waals surface area contributed by atoms with E-state index in [1.54, 1.807) is 12.1 Å². The Hall–Kier alpha value is -1.51. The molecule has 1 N–H and O–H groups in total. The van der Waals surface area contributed by atoms with Crippen LogP contribution in [0.4, 0.5) is 0 Å². The lowest BCUT2D eigenvalue weighted by atomic mass is 10.1. The second kappa shape index (κ2) is 3.09. The van der Waals surface area contributed by atoms with E-state index in [0.29, 0.717) is 0 Å². The molecule has 68 valence electrons. The van der Waals surface area contributed by atoms with Gasteiger partial charge in [-0.25, -0.2) is 0 Å². The van der Waals surface area contributed by atoms with E-state index in [9.17, 15) is 5.11 Å². The molecule has 0 heterocycles. The number of nitrogens with zero attached hydrogens (tertiary/aromatic N) is 1. The minimum Gasteiger partial charge on any atom is -0.508 e. The van der Waals surface area contributed by atoms with Gasteiger partial charge in [0.05, 0.1) is 5.71 Å². The van der Waals surface area contributed by atoms with Gasteiger partial charge in [0.25, 0.3) is 0 Å². The first-order chi connectivity index (χ1) is 6.31. The molecule has 0 saturated carbocycles. The summed E-state index contributed by atoms with van der Waals surface area (Å²) in [5.41, 5.74) is 3.17. The highest BCUT2D eigenvalue weighted by Crippen LogP contribution is 2.26. The third-order valence-corrected chi connectivity index (χ3v) is 2.24. The zero-order valence-electron chi connectivity index (χ0n) is 7.45. The third-order valence-electron chi connectivity index (χ3n) is 2.24. The van der Waals surface area contributed by atoms with Gasteiger partial charge < -0.3 is 9.94 Å². The molecule has 0 amide bonds. The van der Waals surface area contributed by atoms with E-state index in [0.717, 1.165) is 24.1 Å². The summed E-state index contributed by atoms with van der Waals surface area (Å²) in [4.78, 5) is 4.73. The Morgan fingerprint density at radius 3 is 3.00 bits per heavy atom. The number of hydrogen-bond acceptors (Lipinski definition) is 3. The summed E-state index contributed by atoms with van der Waals surface area (Å²) in [5.74, 6) is 0.282. The highest BCUT2D eigenvalue weighted by atomic mass is 16.6. The van der Waals surface area contributed by atoms with Gasteiger partial charge in [-0.15, -0.1) is 0 Å². The smallest absolute Gasteiger partial charge is 0.116 e. The molecule has 0 aliphatic heterocycles. The van der Waals surface area contributed by atoms with Gasteiger partial charge in [0.1, 0.15) is 12.9 Å². The first-order valence-electron chi connectivity index (χ1n) is 4.23. The van der Waals surface area contributed by atoms with Crippen molar-refractivity contribution in [3.8, 4) is 5.75 Å². The van der Waals surface area contributed by atoms with E-state index in [1.165, 1.54) is 12.7 Å². The van der Waals surface area contributed by atoms with Crippen LogP contribution in [0.5, 0.6) is 5.75 Å². The lowest BCUT2D eigenvalue weighted by Crippen LogP contribution is -1.94. The van der Waals surface area contributed by atoms with Crippen molar-refractivity contribution in [3.63, 3.8) is 0 Å². The first-order valence-corrected chi connectivity index (χ1v) is 4.23. The van der Waals surface area contributed by atoms with Crippen LogP contribution in [-0.4, -0.2) is 17.9 Å². The molecule has 3 heteroatoms. The molecule has 0 bridgehead atoms. The first kappa shape index (κ1) is 8.10. The molecule has 1 aromatic rings. The van der Waals surface area contributed by atoms with E-state index in [4.69, 9.17) is 4.84 Å². The maximum atomic E-state index is 9.29. The van der Waals surface area contributed by atoms with Crippen LogP contribution in [0.15, 0.2) is 23.4 Å². The third kappa shape index (κ3) is 1.37. The van der Waals surface area contributed by atoms with Crippen molar-refractivity contribution < 1.29 is 9.94 Å². The maximum absolute atomic E-state index is 9.29. The van der Waals surface area contributed by atoms with Crippen molar-refractivity contribution in [2.75, 3.05) is 7.11 Å². The average molecular weight is 177 g/mol. The van der Waals surface area contributed by atoms with Crippen LogP contribution < -0.4 is 0 Å². The number of rotatable bonds is 1. The normalized spacial score (nSPS) is 17.5. The molecular formula is C10H11NO2. The number of phenolic OH excluding ortho intramolecular Hbond substituents is 1. The quantitative estimate of drug-likeness (QED) is 0.663. The SMILES string of the molecule is CON=C1CCc2ccc(O)cc21. The molecule has 1 aliphatic carbocycles. The number of phenols is 1. The Morgan fingerprint density at radius 2 is 2.23 bits per heavy atom. The minimum absolute atomic E-state index is 0.282. The van der Waals surface area contributed by atoms with Gasteiger partial charge >= 0.3 is 0 Å². The molecule has 1 aromatic carbocycles. The summed E-state index contributed by atoms with van der Waals surface area (Å²) in [5, 5.41) is 13.2. The highest BCUT2D eigenvalue weighted by molar-refractivity contribution is 6.04. The summed E-state index contributed by atoms with van der Waals surface area (Å²) in [6.07, 6.45) is 1.88. The van der Waals surface area contributed by atoms with Crippen molar-refractivity contribution in [2.24, 2.45) is 5.16 Å². The predicted octanol–water partition coefficient (Wildman–Crippen LogP) is 1.69. The van der Waals surface area contributed by atoms with Gasteiger partial charge in [-0.05, 0) is 30.5 Å². The molecule has 3 nitrogen and oxygen atoms in total. The lowest BCUT2D eigenvalue weighted by Gasteiger charge is -1.99. The number of hydrogen-bond donors (Lipinski definition) is 1. The number of fused-ring (bicyclic) bond motifs is 1. The molecule has 0 unspecified atom stereocenters. The van der Waals surface area contributed by atoms with Crippen LogP contribution >= 0.6 is 0 Å². The number of benzene rings is 1. The van der Waals surface area contributed by atoms with E-state index in [1.807, 2.05) is 6.07 Å². The zero-order chi connectivity index (χ0) is 9.26. The van der Waals surface area contributed by atoms with Crippen molar-refractivity contribution >= 4 is 5.71 Å². The monoisotopic (exact) mass is 177 g/mol. The molecular weight excluding hydrogens is 166 g/mol. The Bertz CT molecular complexity index is 358. The average Bonchev–Trinajstić information content (AvgIpc) is 2.49. The van der Waals surface area contributed by atoms with Crippen molar-refractivity contribution in [2.45, 2.75) is 12.8 Å². The number of oxime groups is 1. The Kier molecular flexibility index (Phi) is 1.93. The van der Waals surface area contributed by atoms with E-state index in [2.05, 4.69) is 5.16 Å². The lowest BCUT2D eigenvalue weighted by molar-refractivity contribution is 0.213. The summed E-state index contributed by atoms with van der Waals surface area (Å²) < 4.78 is 0. The van der Waals surface area contributed by atoms with Crippen LogP contribution in [0.3, 0.4) is 0 Å². The molecule has 13 heavy (non-hydrogen) atoms. The summed E-state index contributed by atoms with van der Waals surface area (Å²) in [6, 6.07) is 5.37. The standard InChI is InChI=1S/C10H11NO2/c1-13-11-10-5-3-7-2-4-8(12)6-9(7)10/h2,4,6,12H,3,5H2,1H3. The molecule has 2 rings (SSSR count). The molecule has 0 atom stereocenters. The van der Waals surface area contributed by atoms with Gasteiger partial charge in [-0.3, -0.25) is 0 Å². The highest BCUT2D eigenvalue weighted by Gasteiger charge is 2.18. The Labute approximate surface area is 76.6 Å². The van der Waals surface area contributed by atoms with Crippen molar-refractivity contribution in [3.05, 3.63) is 29.3 Å². The van der Waals surface area contributed by atoms with Crippen LogP contribution in [0.1, 0.15) is 17.5 Å². The van der Waals surface area contributed by atoms with E-state index < -0.39 is 0 Å². The van der Waals surface area contributed by atoms with Crippen molar-refractivity contribution in [1.82, 2.24) is 0 Å². The second-order valence-corrected chi connectivity index (χ2v) is 3.06. The van der Waals surface area contributed by atoms with Crippen molar-refractivity contribution in [1.29, 1.82) is 0 Å². The number of aryl methyl sites for hydroxylation is 1. The molecule has 0 spiro atoms. The fourth-order valence-electron chi connectivity index (χ4n) is 1.64. The van der Waals surface area contributed by atoms with Crippen LogP contribution in [0, 0.1) is 0 Å². The Morgan fingerprint density at radius 1 is 1.38 bits per heavy atom. The van der Waals surface area contributed by atoms with E-state index >= 15 is 0 Å². The fourth-order valence-corrected chi connectivity index (χ4v) is 1.64. The molecule has 0 fully saturated rings. The van der Waals surface area contributed by atoms with Gasteiger partial charge in [-0.2, -0.15) is 0 Å². The molecule has 0 radical (unpaired) electrons.